The molecule has 0 aromatic heterocycles. The van der Waals surface area contributed by atoms with E-state index in [1.54, 1.807) is 18.2 Å². The number of benzene rings is 1. The summed E-state index contributed by atoms with van der Waals surface area (Å²) >= 11 is 0. The molecule has 5 nitrogen and oxygen atoms in total. The van der Waals surface area contributed by atoms with Crippen LogP contribution in [0.1, 0.15) is 26.7 Å². The van der Waals surface area contributed by atoms with E-state index in [1.807, 2.05) is 13.8 Å². The minimum atomic E-state index is -0.386. The van der Waals surface area contributed by atoms with E-state index < -0.39 is 0 Å². The normalized spacial score (nSPS) is 14.9. The Morgan fingerprint density at radius 2 is 2.05 bits per heavy atom. The number of ether oxygens (including phenoxy) is 1. The number of hydrogen-bond acceptors (Lipinski definition) is 4. The lowest BCUT2D eigenvalue weighted by Crippen LogP contribution is -2.16. The first-order chi connectivity index (χ1) is 9.08. The number of anilines is 1. The van der Waals surface area contributed by atoms with Crippen molar-refractivity contribution in [2.24, 2.45) is 0 Å². The van der Waals surface area contributed by atoms with Gasteiger partial charge in [-0.1, -0.05) is 18.2 Å². The van der Waals surface area contributed by atoms with Crippen molar-refractivity contribution >= 4 is 11.4 Å². The van der Waals surface area contributed by atoms with Crippen molar-refractivity contribution in [2.45, 2.75) is 38.8 Å². The van der Waals surface area contributed by atoms with Crippen molar-refractivity contribution in [3.63, 3.8) is 0 Å². The zero-order chi connectivity index (χ0) is 13.8. The SMILES string of the molecule is CC(C)Oc1cccc(NC2CC=CC2)c1[N+](=O)[O-]. The molecule has 0 atom stereocenters. The van der Waals surface area contributed by atoms with Gasteiger partial charge in [-0.3, -0.25) is 10.1 Å². The minimum Gasteiger partial charge on any atom is -0.484 e. The van der Waals surface area contributed by atoms with E-state index in [1.165, 1.54) is 0 Å². The third-order valence-electron chi connectivity index (χ3n) is 2.91. The summed E-state index contributed by atoms with van der Waals surface area (Å²) in [6, 6.07) is 5.36. The lowest BCUT2D eigenvalue weighted by molar-refractivity contribution is -0.385. The highest BCUT2D eigenvalue weighted by Crippen LogP contribution is 2.36. The molecule has 102 valence electrons. The van der Waals surface area contributed by atoms with Crippen molar-refractivity contribution < 1.29 is 9.66 Å². The van der Waals surface area contributed by atoms with E-state index in [0.717, 1.165) is 12.8 Å². The van der Waals surface area contributed by atoms with Crippen molar-refractivity contribution in [1.29, 1.82) is 0 Å². The Bertz CT molecular complexity index is 489. The predicted octanol–water partition coefficient (Wildman–Crippen LogP) is 3.51. The Kier molecular flexibility index (Phi) is 4.04. The first-order valence-corrected chi connectivity index (χ1v) is 6.43. The maximum Gasteiger partial charge on any atom is 0.333 e. The number of nitro groups is 1. The molecule has 1 aliphatic rings. The maximum atomic E-state index is 11.3. The second-order valence-corrected chi connectivity index (χ2v) is 4.86. The molecule has 1 aromatic carbocycles. The molecular weight excluding hydrogens is 244 g/mol. The highest BCUT2D eigenvalue weighted by Gasteiger charge is 2.23. The Hall–Kier alpha value is -2.04. The summed E-state index contributed by atoms with van der Waals surface area (Å²) in [4.78, 5) is 10.9. The Balaban J connectivity index is 2.28. The van der Waals surface area contributed by atoms with Crippen molar-refractivity contribution in [3.8, 4) is 5.75 Å². The third kappa shape index (κ3) is 3.24. The first-order valence-electron chi connectivity index (χ1n) is 6.43. The molecule has 1 aliphatic carbocycles. The van der Waals surface area contributed by atoms with Gasteiger partial charge in [0.1, 0.15) is 5.69 Å². The van der Waals surface area contributed by atoms with Crippen LogP contribution in [-0.4, -0.2) is 17.1 Å². The van der Waals surface area contributed by atoms with Crippen LogP contribution >= 0.6 is 0 Å². The van der Waals surface area contributed by atoms with Gasteiger partial charge in [0, 0.05) is 6.04 Å². The van der Waals surface area contributed by atoms with Gasteiger partial charge in [0.25, 0.3) is 0 Å². The predicted molar refractivity (Wildman–Crippen MR) is 74.6 cm³/mol. The summed E-state index contributed by atoms with van der Waals surface area (Å²) in [5.74, 6) is 0.316. The fourth-order valence-corrected chi connectivity index (χ4v) is 2.13. The maximum absolute atomic E-state index is 11.3. The van der Waals surface area contributed by atoms with Crippen LogP contribution in [-0.2, 0) is 0 Å². The van der Waals surface area contributed by atoms with E-state index in [0.29, 0.717) is 11.4 Å². The van der Waals surface area contributed by atoms with Gasteiger partial charge in [-0.15, -0.1) is 0 Å². The van der Waals surface area contributed by atoms with Gasteiger partial charge in [0.2, 0.25) is 0 Å². The standard InChI is InChI=1S/C14H18N2O3/c1-10(2)19-13-9-5-8-12(14(13)16(17)18)15-11-6-3-4-7-11/h3-5,8-11,15H,6-7H2,1-2H3. The number of nitro benzene ring substituents is 1. The molecule has 0 bridgehead atoms. The van der Waals surface area contributed by atoms with Crippen molar-refractivity contribution in [2.75, 3.05) is 5.32 Å². The van der Waals surface area contributed by atoms with Gasteiger partial charge in [0.05, 0.1) is 11.0 Å². The average Bonchev–Trinajstić information content (AvgIpc) is 2.80. The molecule has 0 aliphatic heterocycles. The molecule has 0 heterocycles. The lowest BCUT2D eigenvalue weighted by Gasteiger charge is -2.16. The van der Waals surface area contributed by atoms with Gasteiger partial charge in [0.15, 0.2) is 5.75 Å². The fraction of sp³-hybridized carbons (Fsp3) is 0.429. The van der Waals surface area contributed by atoms with E-state index in [4.69, 9.17) is 4.74 Å². The first kappa shape index (κ1) is 13.4. The monoisotopic (exact) mass is 262 g/mol. The highest BCUT2D eigenvalue weighted by molar-refractivity contribution is 5.69. The summed E-state index contributed by atoms with van der Waals surface area (Å²) in [6.07, 6.45) is 5.86. The second kappa shape index (κ2) is 5.73. The molecule has 0 radical (unpaired) electrons. The quantitative estimate of drug-likeness (QED) is 0.501. The molecule has 19 heavy (non-hydrogen) atoms. The van der Waals surface area contributed by atoms with Crippen molar-refractivity contribution in [1.82, 2.24) is 0 Å². The molecular formula is C14H18N2O3. The van der Waals surface area contributed by atoms with E-state index in [2.05, 4.69) is 17.5 Å². The van der Waals surface area contributed by atoms with Crippen LogP contribution in [0.3, 0.4) is 0 Å². The number of nitrogens with zero attached hydrogens (tertiary/aromatic N) is 1. The molecule has 5 heteroatoms. The van der Waals surface area contributed by atoms with E-state index in [9.17, 15) is 10.1 Å². The molecule has 0 saturated heterocycles. The van der Waals surface area contributed by atoms with Crippen LogP contribution in [0.2, 0.25) is 0 Å². The molecule has 0 saturated carbocycles. The summed E-state index contributed by atoms with van der Waals surface area (Å²) < 4.78 is 5.51. The van der Waals surface area contributed by atoms with Crippen molar-refractivity contribution in [3.05, 3.63) is 40.5 Å². The van der Waals surface area contributed by atoms with Crippen LogP contribution in [0.4, 0.5) is 11.4 Å². The van der Waals surface area contributed by atoms with Crippen LogP contribution in [0.25, 0.3) is 0 Å². The van der Waals surface area contributed by atoms with Gasteiger partial charge in [-0.05, 0) is 38.8 Å². The smallest absolute Gasteiger partial charge is 0.333 e. The van der Waals surface area contributed by atoms with Gasteiger partial charge < -0.3 is 10.1 Å². The third-order valence-corrected chi connectivity index (χ3v) is 2.91. The van der Waals surface area contributed by atoms with E-state index >= 15 is 0 Å². The number of para-hydroxylation sites is 1. The fourth-order valence-electron chi connectivity index (χ4n) is 2.13. The molecule has 1 N–H and O–H groups in total. The lowest BCUT2D eigenvalue weighted by atomic mass is 10.2. The number of nitrogens with one attached hydrogen (secondary N) is 1. The molecule has 1 aromatic rings. The zero-order valence-electron chi connectivity index (χ0n) is 11.1. The molecule has 0 spiro atoms. The Morgan fingerprint density at radius 3 is 2.63 bits per heavy atom. The second-order valence-electron chi connectivity index (χ2n) is 4.86. The Labute approximate surface area is 112 Å². The largest absolute Gasteiger partial charge is 0.484 e. The Morgan fingerprint density at radius 1 is 1.37 bits per heavy atom. The highest BCUT2D eigenvalue weighted by atomic mass is 16.6. The zero-order valence-corrected chi connectivity index (χ0v) is 11.1. The summed E-state index contributed by atoms with van der Waals surface area (Å²) in [5, 5.41) is 14.5. The topological polar surface area (TPSA) is 64.4 Å². The molecule has 2 rings (SSSR count). The van der Waals surface area contributed by atoms with Crippen LogP contribution < -0.4 is 10.1 Å². The van der Waals surface area contributed by atoms with Crippen LogP contribution in [0.5, 0.6) is 5.75 Å². The molecule has 0 unspecified atom stereocenters. The average molecular weight is 262 g/mol. The number of rotatable bonds is 5. The summed E-state index contributed by atoms with van der Waals surface area (Å²) in [5.41, 5.74) is 0.542. The van der Waals surface area contributed by atoms with E-state index in [-0.39, 0.29) is 22.8 Å². The summed E-state index contributed by atoms with van der Waals surface area (Å²) in [6.45, 7) is 3.70. The molecule has 0 fully saturated rings. The molecule has 0 amide bonds. The summed E-state index contributed by atoms with van der Waals surface area (Å²) in [7, 11) is 0. The van der Waals surface area contributed by atoms with Gasteiger partial charge >= 0.3 is 5.69 Å². The minimum absolute atomic E-state index is 0.0168. The van der Waals surface area contributed by atoms with Gasteiger partial charge in [-0.2, -0.15) is 0 Å². The van der Waals surface area contributed by atoms with Gasteiger partial charge in [-0.25, -0.2) is 0 Å². The number of hydrogen-bond donors (Lipinski definition) is 1. The van der Waals surface area contributed by atoms with Crippen LogP contribution in [0.15, 0.2) is 30.4 Å². The van der Waals surface area contributed by atoms with Crippen LogP contribution in [0, 0.1) is 10.1 Å².